The number of benzene rings is 1. The topological polar surface area (TPSA) is 52.6 Å². The van der Waals surface area contributed by atoms with E-state index in [1.807, 2.05) is 11.9 Å². The third-order valence-corrected chi connectivity index (χ3v) is 6.33. The number of nitrogens with zero attached hydrogens (tertiary/aromatic N) is 1. The number of piperidine rings is 1. The van der Waals surface area contributed by atoms with E-state index >= 15 is 0 Å². The predicted molar refractivity (Wildman–Crippen MR) is 101 cm³/mol. The molecule has 2 N–H and O–H groups in total. The van der Waals surface area contributed by atoms with Crippen LogP contribution in [0.2, 0.25) is 0 Å². The lowest BCUT2D eigenvalue weighted by Crippen LogP contribution is -2.43. The molecule has 0 radical (unpaired) electrons. The lowest BCUT2D eigenvalue weighted by molar-refractivity contribution is -0.130. The minimum absolute atomic E-state index is 0.207. The van der Waals surface area contributed by atoms with E-state index in [4.69, 9.17) is 5.11 Å². The first kappa shape index (κ1) is 18.4. The molecule has 1 spiro atoms. The first-order valence-electron chi connectivity index (χ1n) is 9.81. The van der Waals surface area contributed by atoms with Gasteiger partial charge in [0.1, 0.15) is 0 Å². The first-order valence-corrected chi connectivity index (χ1v) is 9.81. The molecule has 138 valence electrons. The van der Waals surface area contributed by atoms with E-state index in [-0.39, 0.29) is 17.9 Å². The number of rotatable bonds is 7. The van der Waals surface area contributed by atoms with Gasteiger partial charge in [-0.05, 0) is 68.7 Å². The van der Waals surface area contributed by atoms with Crippen molar-refractivity contribution in [1.82, 2.24) is 10.2 Å². The number of unbranched alkanes of at least 4 members (excludes halogenated alkanes) is 1. The molecular formula is C21H32N2O2. The summed E-state index contributed by atoms with van der Waals surface area (Å²) >= 11 is 0. The zero-order valence-electron chi connectivity index (χ0n) is 15.5. The molecule has 1 amide bonds. The van der Waals surface area contributed by atoms with Gasteiger partial charge in [0.25, 0.3) is 0 Å². The molecule has 1 aliphatic carbocycles. The second kappa shape index (κ2) is 8.33. The summed E-state index contributed by atoms with van der Waals surface area (Å²) < 4.78 is 0. The SMILES string of the molecule is CN(CCCCO)C(=O)CCC1Cc2ccccc2C12CCNCC2. The number of carbonyl (C=O) groups is 1. The Kier molecular flexibility index (Phi) is 6.13. The summed E-state index contributed by atoms with van der Waals surface area (Å²) in [6, 6.07) is 8.92. The van der Waals surface area contributed by atoms with Gasteiger partial charge in [0.05, 0.1) is 0 Å². The van der Waals surface area contributed by atoms with Crippen LogP contribution in [-0.2, 0) is 16.6 Å². The van der Waals surface area contributed by atoms with E-state index in [1.165, 1.54) is 18.4 Å². The number of aliphatic hydroxyl groups excluding tert-OH is 1. The van der Waals surface area contributed by atoms with Gasteiger partial charge in [-0.25, -0.2) is 0 Å². The molecule has 4 nitrogen and oxygen atoms in total. The van der Waals surface area contributed by atoms with E-state index in [0.29, 0.717) is 12.3 Å². The smallest absolute Gasteiger partial charge is 0.222 e. The van der Waals surface area contributed by atoms with Crippen LogP contribution in [0.25, 0.3) is 0 Å². The van der Waals surface area contributed by atoms with Crippen LogP contribution >= 0.6 is 0 Å². The second-order valence-electron chi connectivity index (χ2n) is 7.75. The van der Waals surface area contributed by atoms with E-state index < -0.39 is 0 Å². The molecular weight excluding hydrogens is 312 g/mol. The maximum absolute atomic E-state index is 12.5. The molecule has 4 heteroatoms. The number of carbonyl (C=O) groups excluding carboxylic acids is 1. The Balaban J connectivity index is 1.63. The average molecular weight is 344 g/mol. The molecule has 0 aromatic heterocycles. The van der Waals surface area contributed by atoms with Crippen molar-refractivity contribution in [3.63, 3.8) is 0 Å². The van der Waals surface area contributed by atoms with E-state index in [9.17, 15) is 4.79 Å². The highest BCUT2D eigenvalue weighted by molar-refractivity contribution is 5.75. The Morgan fingerprint density at radius 1 is 1.28 bits per heavy atom. The van der Waals surface area contributed by atoms with Gasteiger partial charge in [-0.1, -0.05) is 24.3 Å². The van der Waals surface area contributed by atoms with Crippen molar-refractivity contribution in [2.24, 2.45) is 5.92 Å². The molecule has 1 fully saturated rings. The van der Waals surface area contributed by atoms with Crippen LogP contribution < -0.4 is 5.32 Å². The molecule has 0 saturated carbocycles. The van der Waals surface area contributed by atoms with Gasteiger partial charge >= 0.3 is 0 Å². The number of hydrogen-bond donors (Lipinski definition) is 2. The highest BCUT2D eigenvalue weighted by atomic mass is 16.3. The summed E-state index contributed by atoms with van der Waals surface area (Å²) in [5.41, 5.74) is 3.32. The molecule has 1 aromatic rings. The maximum atomic E-state index is 12.5. The van der Waals surface area contributed by atoms with Crippen molar-refractivity contribution >= 4 is 5.91 Å². The zero-order valence-corrected chi connectivity index (χ0v) is 15.5. The Morgan fingerprint density at radius 2 is 2.04 bits per heavy atom. The van der Waals surface area contributed by atoms with Crippen molar-refractivity contribution < 1.29 is 9.90 Å². The van der Waals surface area contributed by atoms with Crippen molar-refractivity contribution in [2.45, 2.75) is 50.4 Å². The molecule has 1 atom stereocenters. The summed E-state index contributed by atoms with van der Waals surface area (Å²) in [4.78, 5) is 14.3. The normalized spacial score (nSPS) is 21.3. The van der Waals surface area contributed by atoms with Gasteiger partial charge in [-0.2, -0.15) is 0 Å². The number of amides is 1. The van der Waals surface area contributed by atoms with Crippen molar-refractivity contribution in [2.75, 3.05) is 33.3 Å². The maximum Gasteiger partial charge on any atom is 0.222 e. The third-order valence-electron chi connectivity index (χ3n) is 6.33. The summed E-state index contributed by atoms with van der Waals surface area (Å²) in [5, 5.41) is 12.4. The zero-order chi connectivity index (χ0) is 17.7. The number of nitrogens with one attached hydrogen (secondary N) is 1. The van der Waals surface area contributed by atoms with Crippen LogP contribution in [0.4, 0.5) is 0 Å². The molecule has 1 unspecified atom stereocenters. The van der Waals surface area contributed by atoms with Gasteiger partial charge < -0.3 is 15.3 Å². The second-order valence-corrected chi connectivity index (χ2v) is 7.75. The summed E-state index contributed by atoms with van der Waals surface area (Å²) in [6.45, 7) is 3.12. The number of hydrogen-bond acceptors (Lipinski definition) is 3. The van der Waals surface area contributed by atoms with Gasteiger partial charge in [0.2, 0.25) is 5.91 Å². The summed E-state index contributed by atoms with van der Waals surface area (Å²) in [5.74, 6) is 0.833. The summed E-state index contributed by atoms with van der Waals surface area (Å²) in [6.07, 6.45) is 6.78. The van der Waals surface area contributed by atoms with E-state index in [0.717, 1.165) is 45.3 Å². The molecule has 0 bridgehead atoms. The van der Waals surface area contributed by atoms with Crippen molar-refractivity contribution in [1.29, 1.82) is 0 Å². The van der Waals surface area contributed by atoms with Crippen LogP contribution in [0.1, 0.15) is 49.7 Å². The Bertz CT molecular complexity index is 581. The summed E-state index contributed by atoms with van der Waals surface area (Å²) in [7, 11) is 1.89. The van der Waals surface area contributed by atoms with Gasteiger partial charge in [0.15, 0.2) is 0 Å². The van der Waals surface area contributed by atoms with Gasteiger partial charge in [-0.3, -0.25) is 4.79 Å². The van der Waals surface area contributed by atoms with E-state index in [1.54, 1.807) is 5.56 Å². The number of fused-ring (bicyclic) bond motifs is 2. The highest BCUT2D eigenvalue weighted by Gasteiger charge is 2.46. The molecule has 1 aliphatic heterocycles. The van der Waals surface area contributed by atoms with Crippen LogP contribution in [0, 0.1) is 5.92 Å². The van der Waals surface area contributed by atoms with Crippen LogP contribution in [0.3, 0.4) is 0 Å². The molecule has 1 saturated heterocycles. The van der Waals surface area contributed by atoms with Crippen LogP contribution in [0.15, 0.2) is 24.3 Å². The fourth-order valence-electron chi connectivity index (χ4n) is 4.87. The fourth-order valence-corrected chi connectivity index (χ4v) is 4.87. The van der Waals surface area contributed by atoms with Crippen molar-refractivity contribution in [3.8, 4) is 0 Å². The highest BCUT2D eigenvalue weighted by Crippen LogP contribution is 2.50. The third kappa shape index (κ3) is 3.90. The first-order chi connectivity index (χ1) is 12.2. The van der Waals surface area contributed by atoms with Gasteiger partial charge in [-0.15, -0.1) is 0 Å². The van der Waals surface area contributed by atoms with Gasteiger partial charge in [0, 0.05) is 32.0 Å². The van der Waals surface area contributed by atoms with Crippen LogP contribution in [-0.4, -0.2) is 49.2 Å². The fraction of sp³-hybridized carbons (Fsp3) is 0.667. The lowest BCUT2D eigenvalue weighted by Gasteiger charge is -2.40. The molecule has 25 heavy (non-hydrogen) atoms. The Labute approximate surface area is 151 Å². The minimum Gasteiger partial charge on any atom is -0.396 e. The Hall–Kier alpha value is -1.39. The minimum atomic E-state index is 0.207. The largest absolute Gasteiger partial charge is 0.396 e. The van der Waals surface area contributed by atoms with Crippen LogP contribution in [0.5, 0.6) is 0 Å². The molecule has 3 rings (SSSR count). The molecule has 1 heterocycles. The molecule has 2 aliphatic rings. The average Bonchev–Trinajstić information content (AvgIpc) is 2.94. The van der Waals surface area contributed by atoms with Crippen molar-refractivity contribution in [3.05, 3.63) is 35.4 Å². The monoisotopic (exact) mass is 344 g/mol. The van der Waals surface area contributed by atoms with E-state index in [2.05, 4.69) is 29.6 Å². The Morgan fingerprint density at radius 3 is 2.80 bits per heavy atom. The number of aliphatic hydroxyl groups is 1. The molecule has 1 aromatic carbocycles. The lowest BCUT2D eigenvalue weighted by atomic mass is 9.67. The predicted octanol–water partition coefficient (Wildman–Crippen LogP) is 2.49. The standard InChI is InChI=1S/C21H32N2O2/c1-23(14-4-5-15-24)20(25)9-8-18-16-17-6-2-3-7-19(17)21(18)10-12-22-13-11-21/h2-3,6-7,18,22,24H,4-5,8-16H2,1H3. The quantitative estimate of drug-likeness (QED) is 0.747.